The van der Waals surface area contributed by atoms with Gasteiger partial charge in [0.15, 0.2) is 11.6 Å². The molecule has 1 unspecified atom stereocenters. The Morgan fingerprint density at radius 3 is 2.13 bits per heavy atom. The molecule has 46 heavy (non-hydrogen) atoms. The number of methoxy groups -OCH3 is 1. The molecular formula is C36H57FN6OS2. The van der Waals surface area contributed by atoms with Gasteiger partial charge >= 0.3 is 0 Å². The van der Waals surface area contributed by atoms with Gasteiger partial charge in [0.05, 0.1) is 12.8 Å². The molecule has 7 nitrogen and oxygen atoms in total. The lowest BCUT2D eigenvalue weighted by Crippen LogP contribution is -2.45. The highest BCUT2D eigenvalue weighted by Crippen LogP contribution is 2.33. The van der Waals surface area contributed by atoms with Crippen LogP contribution in [0.5, 0.6) is 5.75 Å². The van der Waals surface area contributed by atoms with Gasteiger partial charge in [-0.05, 0) is 99.0 Å². The number of hydrogen-bond donors (Lipinski definition) is 0. The lowest BCUT2D eigenvalue weighted by Gasteiger charge is -2.39. The number of ether oxygens (including phenoxy) is 1. The molecule has 0 amide bonds. The van der Waals surface area contributed by atoms with E-state index in [1.807, 2.05) is 30.1 Å². The Balaban J connectivity index is 1.22. The first kappa shape index (κ1) is 35.6. The Hall–Kier alpha value is -1.69. The molecule has 1 aliphatic carbocycles. The van der Waals surface area contributed by atoms with Gasteiger partial charge in [-0.3, -0.25) is 0 Å². The van der Waals surface area contributed by atoms with E-state index in [0.29, 0.717) is 11.7 Å². The summed E-state index contributed by atoms with van der Waals surface area (Å²) in [4.78, 5) is 8.55. The quantitative estimate of drug-likeness (QED) is 0.257. The van der Waals surface area contributed by atoms with E-state index in [1.165, 1.54) is 81.2 Å². The third-order valence-electron chi connectivity index (χ3n) is 9.58. The summed E-state index contributed by atoms with van der Waals surface area (Å²) in [5, 5.41) is 0. The minimum Gasteiger partial charge on any atom is -0.492 e. The molecule has 5 rings (SSSR count). The number of halogens is 1. The Labute approximate surface area is 287 Å². The number of rotatable bonds is 9. The van der Waals surface area contributed by atoms with Gasteiger partial charge in [-0.15, -0.1) is 0 Å². The second kappa shape index (κ2) is 18.2. The maximum Gasteiger partial charge on any atom is 0.177 e. The summed E-state index contributed by atoms with van der Waals surface area (Å²) in [6.45, 7) is 14.0. The van der Waals surface area contributed by atoms with E-state index in [2.05, 4.69) is 72.9 Å². The van der Waals surface area contributed by atoms with Gasteiger partial charge in [-0.2, -0.15) is 0 Å². The Kier molecular flexibility index (Phi) is 14.1. The highest BCUT2D eigenvalue weighted by molar-refractivity contribution is 7.97. The lowest BCUT2D eigenvalue weighted by molar-refractivity contribution is 0.183. The topological polar surface area (TPSA) is 28.7 Å². The Morgan fingerprint density at radius 1 is 0.783 bits per heavy atom. The molecular weight excluding hydrogens is 616 g/mol. The van der Waals surface area contributed by atoms with Gasteiger partial charge in [0, 0.05) is 95.7 Å². The first-order valence-electron chi connectivity index (χ1n) is 17.6. The number of nitrogens with zero attached hydrogens (tertiary/aromatic N) is 6. The summed E-state index contributed by atoms with van der Waals surface area (Å²) in [6, 6.07) is 14.2. The minimum absolute atomic E-state index is 0.291. The molecule has 2 aromatic carbocycles. The molecule has 0 aromatic heterocycles. The second-order valence-electron chi connectivity index (χ2n) is 13.7. The summed E-state index contributed by atoms with van der Waals surface area (Å²) < 4.78 is 27.6. The third kappa shape index (κ3) is 10.7. The van der Waals surface area contributed by atoms with Crippen molar-refractivity contribution in [1.82, 2.24) is 17.8 Å². The molecule has 2 aromatic rings. The van der Waals surface area contributed by atoms with Crippen molar-refractivity contribution in [3.8, 4) is 5.75 Å². The number of para-hydroxylation sites is 1. The van der Waals surface area contributed by atoms with Gasteiger partial charge in [-0.1, -0.05) is 32.3 Å². The summed E-state index contributed by atoms with van der Waals surface area (Å²) in [5.74, 6) is 1.49. The van der Waals surface area contributed by atoms with E-state index < -0.39 is 0 Å². The van der Waals surface area contributed by atoms with Crippen LogP contribution in [0.4, 0.5) is 15.8 Å². The van der Waals surface area contributed by atoms with Crippen LogP contribution in [0.2, 0.25) is 0 Å². The van der Waals surface area contributed by atoms with Crippen LogP contribution in [0.1, 0.15) is 51.9 Å². The van der Waals surface area contributed by atoms with Crippen LogP contribution in [0.25, 0.3) is 0 Å². The Bertz CT molecular complexity index is 1180. The predicted octanol–water partition coefficient (Wildman–Crippen LogP) is 7.21. The van der Waals surface area contributed by atoms with Crippen molar-refractivity contribution < 1.29 is 9.13 Å². The van der Waals surface area contributed by atoms with Gasteiger partial charge < -0.3 is 19.4 Å². The first-order valence-corrected chi connectivity index (χ1v) is 19.1. The molecule has 0 bridgehead atoms. The fraction of sp³-hybridized carbons (Fsp3) is 0.667. The molecule has 0 spiro atoms. The fourth-order valence-electron chi connectivity index (χ4n) is 7.14. The number of benzene rings is 2. The number of hydrogen-bond acceptors (Lipinski definition) is 9. The van der Waals surface area contributed by atoms with E-state index in [9.17, 15) is 4.39 Å². The van der Waals surface area contributed by atoms with Crippen molar-refractivity contribution in [3.63, 3.8) is 0 Å². The number of piperazine rings is 1. The smallest absolute Gasteiger partial charge is 0.177 e. The zero-order chi connectivity index (χ0) is 32.3. The van der Waals surface area contributed by atoms with E-state index in [-0.39, 0.29) is 5.82 Å². The van der Waals surface area contributed by atoms with Gasteiger partial charge in [0.2, 0.25) is 0 Å². The predicted molar refractivity (Wildman–Crippen MR) is 196 cm³/mol. The molecule has 3 fully saturated rings. The van der Waals surface area contributed by atoms with Crippen LogP contribution in [-0.4, -0.2) is 111 Å². The van der Waals surface area contributed by atoms with E-state index >= 15 is 0 Å². The molecule has 2 heterocycles. The van der Waals surface area contributed by atoms with Crippen molar-refractivity contribution in [2.75, 3.05) is 103 Å². The van der Waals surface area contributed by atoms with Crippen molar-refractivity contribution >= 4 is 35.5 Å². The number of anilines is 2. The normalized spacial score (nSPS) is 22.7. The highest BCUT2D eigenvalue weighted by atomic mass is 32.2. The van der Waals surface area contributed by atoms with Gasteiger partial charge in [0.1, 0.15) is 0 Å². The monoisotopic (exact) mass is 672 g/mol. The van der Waals surface area contributed by atoms with Gasteiger partial charge in [0.25, 0.3) is 0 Å². The second-order valence-corrected chi connectivity index (χ2v) is 16.0. The molecule has 1 saturated carbocycles. The van der Waals surface area contributed by atoms with E-state index in [1.54, 1.807) is 13.2 Å². The molecule has 2 saturated heterocycles. The molecule has 0 N–H and O–H groups in total. The SMILES string of the molecule is COc1c(F)cccc1N1CCN(SN2CCCN(CC3CCCCC3)CCCN(Sc3ccc(N(C)C)cc3)CC(C)C2)CC1. The average Bonchev–Trinajstić information content (AvgIpc) is 3.05. The maximum absolute atomic E-state index is 14.4. The minimum atomic E-state index is -0.291. The molecule has 10 heteroatoms. The average molecular weight is 673 g/mol. The molecule has 256 valence electrons. The largest absolute Gasteiger partial charge is 0.492 e. The van der Waals surface area contributed by atoms with Crippen molar-refractivity contribution in [1.29, 1.82) is 0 Å². The standard InChI is InChI=1S/C36H57FN6OS2/c1-30-27-42(45-33-17-15-32(16-18-33)38(2)3)21-9-19-39(29-31-11-6-5-7-12-31)20-10-22-43(28-30)46-41-25-23-40(24-26-41)35-14-8-13-34(37)36(35)44-4/h8,13-18,30-31H,5-7,9-12,19-29H2,1-4H3. The zero-order valence-corrected chi connectivity index (χ0v) is 30.3. The van der Waals surface area contributed by atoms with Crippen LogP contribution in [0, 0.1) is 17.7 Å². The van der Waals surface area contributed by atoms with Crippen molar-refractivity contribution in [2.45, 2.75) is 56.8 Å². The van der Waals surface area contributed by atoms with Crippen molar-refractivity contribution in [2.24, 2.45) is 11.8 Å². The van der Waals surface area contributed by atoms with Gasteiger partial charge in [-0.25, -0.2) is 17.3 Å². The van der Waals surface area contributed by atoms with E-state index in [0.717, 1.165) is 64.0 Å². The molecule has 0 radical (unpaired) electrons. The van der Waals surface area contributed by atoms with Crippen LogP contribution < -0.4 is 14.5 Å². The van der Waals surface area contributed by atoms with E-state index in [4.69, 9.17) is 4.74 Å². The third-order valence-corrected chi connectivity index (χ3v) is 11.8. The fourth-order valence-corrected chi connectivity index (χ4v) is 9.43. The molecule has 2 aliphatic heterocycles. The van der Waals surface area contributed by atoms with Crippen molar-refractivity contribution in [3.05, 3.63) is 48.3 Å². The molecule has 1 atom stereocenters. The summed E-state index contributed by atoms with van der Waals surface area (Å²) in [5.41, 5.74) is 2.10. The zero-order valence-electron chi connectivity index (χ0n) is 28.7. The Morgan fingerprint density at radius 2 is 1.46 bits per heavy atom. The van der Waals surface area contributed by atoms with Crippen LogP contribution >= 0.6 is 24.1 Å². The maximum atomic E-state index is 14.4. The van der Waals surface area contributed by atoms with Crippen LogP contribution in [-0.2, 0) is 0 Å². The van der Waals surface area contributed by atoms with Crippen LogP contribution in [0.15, 0.2) is 47.4 Å². The lowest BCUT2D eigenvalue weighted by atomic mass is 9.89. The first-order chi connectivity index (χ1) is 22.4. The summed E-state index contributed by atoms with van der Waals surface area (Å²) in [6.07, 6.45) is 9.51. The molecule has 3 aliphatic rings. The van der Waals surface area contributed by atoms with Crippen LogP contribution in [0.3, 0.4) is 0 Å². The summed E-state index contributed by atoms with van der Waals surface area (Å²) >= 11 is 3.87. The summed E-state index contributed by atoms with van der Waals surface area (Å²) in [7, 11) is 5.76. The highest BCUT2D eigenvalue weighted by Gasteiger charge is 2.26.